The number of hydrogen-bond donors (Lipinski definition) is 1. The van der Waals surface area contributed by atoms with Crippen LogP contribution in [-0.2, 0) is 17.9 Å². The van der Waals surface area contributed by atoms with E-state index in [1.54, 1.807) is 0 Å². The van der Waals surface area contributed by atoms with Gasteiger partial charge in [-0.3, -0.25) is 4.90 Å². The molecule has 0 aromatic carbocycles. The van der Waals surface area contributed by atoms with E-state index in [1.807, 2.05) is 28.8 Å². The maximum absolute atomic E-state index is 9.65. The minimum absolute atomic E-state index is 0.107. The van der Waals surface area contributed by atoms with Crippen LogP contribution in [0, 0.1) is 11.3 Å². The number of hydrogen-bond acceptors (Lipinski definition) is 4. The van der Waals surface area contributed by atoms with Gasteiger partial charge in [-0.1, -0.05) is 6.07 Å². The van der Waals surface area contributed by atoms with Gasteiger partial charge >= 0.3 is 0 Å². The molecule has 1 aliphatic rings. The third kappa shape index (κ3) is 2.18. The topological polar surface area (TPSA) is 60.9 Å². The number of ether oxygens (including phenoxy) is 1. The molecule has 104 valence electrons. The molecule has 0 atom stereocenters. The molecular weight excluding hydrogens is 254 g/mol. The number of aliphatic hydroxyl groups excluding tert-OH is 1. The first-order valence-corrected chi connectivity index (χ1v) is 6.77. The first-order chi connectivity index (χ1) is 9.85. The van der Waals surface area contributed by atoms with Gasteiger partial charge in [-0.25, -0.2) is 0 Å². The van der Waals surface area contributed by atoms with Gasteiger partial charge in [0, 0.05) is 37.1 Å². The number of fused-ring (bicyclic) bond motifs is 1. The second kappa shape index (κ2) is 5.63. The summed E-state index contributed by atoms with van der Waals surface area (Å²) in [6.07, 6.45) is 1.95. The third-order valence-electron chi connectivity index (χ3n) is 3.80. The summed E-state index contributed by atoms with van der Waals surface area (Å²) in [5.74, 6) is 0. The summed E-state index contributed by atoms with van der Waals surface area (Å²) in [5.41, 5.74) is 3.19. The molecule has 0 amide bonds. The number of aliphatic hydroxyl groups is 1. The van der Waals surface area contributed by atoms with Crippen LogP contribution in [0.2, 0.25) is 0 Å². The maximum atomic E-state index is 9.65. The van der Waals surface area contributed by atoms with Crippen molar-refractivity contribution in [1.29, 1.82) is 5.26 Å². The Morgan fingerprint density at radius 1 is 1.30 bits per heavy atom. The fourth-order valence-corrected chi connectivity index (χ4v) is 2.76. The van der Waals surface area contributed by atoms with Crippen LogP contribution in [-0.4, -0.2) is 40.7 Å². The van der Waals surface area contributed by atoms with Crippen LogP contribution in [0.25, 0.3) is 5.52 Å². The lowest BCUT2D eigenvalue weighted by atomic mass is 10.1. The summed E-state index contributed by atoms with van der Waals surface area (Å²) in [6.45, 7) is 3.86. The summed E-state index contributed by atoms with van der Waals surface area (Å²) >= 11 is 0. The maximum Gasteiger partial charge on any atom is 0.102 e. The highest BCUT2D eigenvalue weighted by Gasteiger charge is 2.20. The van der Waals surface area contributed by atoms with Crippen molar-refractivity contribution in [3.63, 3.8) is 0 Å². The van der Waals surface area contributed by atoms with E-state index in [-0.39, 0.29) is 6.61 Å². The van der Waals surface area contributed by atoms with E-state index >= 15 is 0 Å². The first-order valence-electron chi connectivity index (χ1n) is 6.77. The Morgan fingerprint density at radius 2 is 2.10 bits per heavy atom. The molecule has 1 saturated heterocycles. The Morgan fingerprint density at radius 3 is 2.80 bits per heavy atom. The highest BCUT2D eigenvalue weighted by atomic mass is 16.5. The standard InChI is InChI=1S/C15H17N3O2/c16-9-12-13(11-19)15(10-17-5-7-20-8-6-17)18-4-2-1-3-14(12)18/h1-4,19H,5-8,10-11H2. The molecule has 0 aliphatic carbocycles. The fraction of sp³-hybridized carbons (Fsp3) is 0.400. The van der Waals surface area contributed by atoms with Crippen molar-refractivity contribution >= 4 is 5.52 Å². The lowest BCUT2D eigenvalue weighted by Crippen LogP contribution is -2.36. The van der Waals surface area contributed by atoms with Crippen LogP contribution >= 0.6 is 0 Å². The van der Waals surface area contributed by atoms with E-state index < -0.39 is 0 Å². The molecule has 5 heteroatoms. The Balaban J connectivity index is 2.06. The zero-order valence-corrected chi connectivity index (χ0v) is 11.2. The van der Waals surface area contributed by atoms with Gasteiger partial charge in [0.25, 0.3) is 0 Å². The van der Waals surface area contributed by atoms with E-state index in [0.717, 1.165) is 49.6 Å². The molecule has 2 aromatic heterocycles. The van der Waals surface area contributed by atoms with Crippen LogP contribution in [0.5, 0.6) is 0 Å². The van der Waals surface area contributed by atoms with Crippen LogP contribution in [0.15, 0.2) is 24.4 Å². The number of pyridine rings is 1. The molecule has 0 radical (unpaired) electrons. The van der Waals surface area contributed by atoms with Crippen molar-refractivity contribution in [1.82, 2.24) is 9.30 Å². The van der Waals surface area contributed by atoms with Crippen molar-refractivity contribution in [2.24, 2.45) is 0 Å². The lowest BCUT2D eigenvalue weighted by molar-refractivity contribution is 0.0333. The lowest BCUT2D eigenvalue weighted by Gasteiger charge is -2.26. The minimum Gasteiger partial charge on any atom is -0.392 e. The Hall–Kier alpha value is -1.87. The second-order valence-corrected chi connectivity index (χ2v) is 4.91. The van der Waals surface area contributed by atoms with Crippen molar-refractivity contribution in [3.05, 3.63) is 41.2 Å². The van der Waals surface area contributed by atoms with E-state index in [2.05, 4.69) is 11.0 Å². The van der Waals surface area contributed by atoms with Gasteiger partial charge < -0.3 is 14.2 Å². The Bertz CT molecular complexity index is 651. The number of nitrogens with zero attached hydrogens (tertiary/aromatic N) is 3. The average Bonchev–Trinajstić information content (AvgIpc) is 2.81. The molecule has 0 spiro atoms. The molecule has 1 fully saturated rings. The molecular formula is C15H17N3O2. The quantitative estimate of drug-likeness (QED) is 0.909. The minimum atomic E-state index is -0.107. The highest BCUT2D eigenvalue weighted by molar-refractivity contribution is 5.67. The SMILES string of the molecule is N#Cc1c(CO)c(CN2CCOCC2)n2ccccc12. The molecule has 3 rings (SSSR count). The highest BCUT2D eigenvalue weighted by Crippen LogP contribution is 2.24. The van der Waals surface area contributed by atoms with Crippen LogP contribution in [0.4, 0.5) is 0 Å². The average molecular weight is 271 g/mol. The number of aromatic nitrogens is 1. The molecule has 2 aromatic rings. The Kier molecular flexibility index (Phi) is 3.70. The molecule has 1 N–H and O–H groups in total. The van der Waals surface area contributed by atoms with Gasteiger partial charge in [-0.05, 0) is 12.1 Å². The van der Waals surface area contributed by atoms with Gasteiger partial charge in [0.05, 0.1) is 30.9 Å². The van der Waals surface area contributed by atoms with Gasteiger partial charge in [-0.15, -0.1) is 0 Å². The molecule has 1 aliphatic heterocycles. The molecule has 5 nitrogen and oxygen atoms in total. The van der Waals surface area contributed by atoms with Gasteiger partial charge in [-0.2, -0.15) is 5.26 Å². The second-order valence-electron chi connectivity index (χ2n) is 4.91. The first kappa shape index (κ1) is 13.1. The molecule has 0 saturated carbocycles. The van der Waals surface area contributed by atoms with Crippen molar-refractivity contribution in [2.75, 3.05) is 26.3 Å². The van der Waals surface area contributed by atoms with Crippen LogP contribution < -0.4 is 0 Å². The molecule has 3 heterocycles. The van der Waals surface area contributed by atoms with E-state index in [0.29, 0.717) is 5.56 Å². The van der Waals surface area contributed by atoms with Crippen LogP contribution in [0.1, 0.15) is 16.8 Å². The van der Waals surface area contributed by atoms with Gasteiger partial charge in [0.2, 0.25) is 0 Å². The number of morpholine rings is 1. The molecule has 20 heavy (non-hydrogen) atoms. The van der Waals surface area contributed by atoms with Crippen LogP contribution in [0.3, 0.4) is 0 Å². The predicted molar refractivity (Wildman–Crippen MR) is 74.1 cm³/mol. The monoisotopic (exact) mass is 271 g/mol. The smallest absolute Gasteiger partial charge is 0.102 e. The summed E-state index contributed by atoms with van der Waals surface area (Å²) in [4.78, 5) is 2.29. The predicted octanol–water partition coefficient (Wildman–Crippen LogP) is 1.14. The van der Waals surface area contributed by atoms with Crippen molar-refractivity contribution in [3.8, 4) is 6.07 Å². The van der Waals surface area contributed by atoms with Crippen molar-refractivity contribution in [2.45, 2.75) is 13.2 Å². The van der Waals surface area contributed by atoms with E-state index in [4.69, 9.17) is 4.74 Å². The molecule has 0 unspecified atom stereocenters. The summed E-state index contributed by atoms with van der Waals surface area (Å²) < 4.78 is 7.37. The summed E-state index contributed by atoms with van der Waals surface area (Å²) in [6, 6.07) is 8.00. The zero-order valence-electron chi connectivity index (χ0n) is 11.2. The van der Waals surface area contributed by atoms with Gasteiger partial charge in [0.15, 0.2) is 0 Å². The molecule has 0 bridgehead atoms. The zero-order chi connectivity index (χ0) is 13.9. The number of rotatable bonds is 3. The largest absolute Gasteiger partial charge is 0.392 e. The van der Waals surface area contributed by atoms with E-state index in [1.165, 1.54) is 0 Å². The Labute approximate surface area is 117 Å². The third-order valence-corrected chi connectivity index (χ3v) is 3.80. The van der Waals surface area contributed by atoms with Gasteiger partial charge in [0.1, 0.15) is 6.07 Å². The normalized spacial score (nSPS) is 16.4. The van der Waals surface area contributed by atoms with E-state index in [9.17, 15) is 10.4 Å². The fourth-order valence-electron chi connectivity index (χ4n) is 2.76. The summed E-state index contributed by atoms with van der Waals surface area (Å²) in [7, 11) is 0. The number of nitriles is 1. The van der Waals surface area contributed by atoms with Crippen molar-refractivity contribution < 1.29 is 9.84 Å². The summed E-state index contributed by atoms with van der Waals surface area (Å²) in [5, 5.41) is 19.0.